The first-order valence-electron chi connectivity index (χ1n) is 9.60. The summed E-state index contributed by atoms with van der Waals surface area (Å²) < 4.78 is 0. The fourth-order valence-corrected chi connectivity index (χ4v) is 3.59. The van der Waals surface area contributed by atoms with E-state index in [1.807, 2.05) is 6.07 Å². The predicted octanol–water partition coefficient (Wildman–Crippen LogP) is 1.61. The lowest BCUT2D eigenvalue weighted by Gasteiger charge is -2.35. The molecule has 0 aromatic carbocycles. The Morgan fingerprint density at radius 3 is 2.83 bits per heavy atom. The van der Waals surface area contributed by atoms with Crippen molar-refractivity contribution in [2.24, 2.45) is 0 Å². The number of rotatable bonds is 4. The van der Waals surface area contributed by atoms with E-state index in [0.717, 1.165) is 25.2 Å². The molecule has 1 fully saturated rings. The van der Waals surface area contributed by atoms with Crippen molar-refractivity contribution in [3.63, 3.8) is 0 Å². The van der Waals surface area contributed by atoms with Crippen LogP contribution in [0.25, 0.3) is 0 Å². The molecule has 1 atom stereocenters. The molecule has 1 saturated heterocycles. The number of carbonyl (C=O) groups excluding carboxylic acids is 2. The van der Waals surface area contributed by atoms with E-state index < -0.39 is 11.5 Å². The Kier molecular flexibility index (Phi) is 4.83. The lowest BCUT2D eigenvalue weighted by molar-refractivity contribution is 0.0692. The standard InChI is InChI=1S/C20H24N6O3/c1-20(2,29)12-22-18(27)14-6-7-15-17(23-14)26(13-8-10-25(15)11-13)19(28)24-16-5-3-4-9-21-16/h3-7,9,13,29H,8,10-12H2,1-2H3,(H,22,27)(H,21,24,28). The van der Waals surface area contributed by atoms with Crippen LogP contribution in [0.2, 0.25) is 0 Å². The van der Waals surface area contributed by atoms with Crippen molar-refractivity contribution >= 4 is 29.3 Å². The Bertz CT molecular complexity index is 928. The van der Waals surface area contributed by atoms with Gasteiger partial charge in [-0.25, -0.2) is 14.8 Å². The molecule has 9 heteroatoms. The molecule has 2 aliphatic heterocycles. The van der Waals surface area contributed by atoms with Crippen LogP contribution in [0.3, 0.4) is 0 Å². The summed E-state index contributed by atoms with van der Waals surface area (Å²) in [6, 6.07) is 8.42. The molecule has 1 unspecified atom stereocenters. The quantitative estimate of drug-likeness (QED) is 0.724. The maximum absolute atomic E-state index is 13.0. The van der Waals surface area contributed by atoms with Gasteiger partial charge in [0.15, 0.2) is 5.82 Å². The van der Waals surface area contributed by atoms with Gasteiger partial charge in [0.2, 0.25) is 0 Å². The van der Waals surface area contributed by atoms with Crippen LogP contribution < -0.4 is 20.4 Å². The number of nitrogens with zero attached hydrogens (tertiary/aromatic N) is 4. The summed E-state index contributed by atoms with van der Waals surface area (Å²) in [6.45, 7) is 4.89. The number of carbonyl (C=O) groups is 2. The van der Waals surface area contributed by atoms with E-state index in [1.165, 1.54) is 0 Å². The van der Waals surface area contributed by atoms with E-state index in [0.29, 0.717) is 11.6 Å². The third kappa shape index (κ3) is 4.00. The van der Waals surface area contributed by atoms with Gasteiger partial charge in [-0.05, 0) is 44.5 Å². The number of aromatic nitrogens is 2. The summed E-state index contributed by atoms with van der Waals surface area (Å²) in [6.07, 6.45) is 2.44. The highest BCUT2D eigenvalue weighted by atomic mass is 16.3. The van der Waals surface area contributed by atoms with Crippen molar-refractivity contribution in [2.45, 2.75) is 31.9 Å². The zero-order chi connectivity index (χ0) is 20.6. The van der Waals surface area contributed by atoms with Gasteiger partial charge in [0, 0.05) is 25.8 Å². The van der Waals surface area contributed by atoms with E-state index in [1.54, 1.807) is 49.2 Å². The summed E-state index contributed by atoms with van der Waals surface area (Å²) in [5.41, 5.74) is 0.00335. The Morgan fingerprint density at radius 1 is 1.28 bits per heavy atom. The lowest BCUT2D eigenvalue weighted by Crippen LogP contribution is -2.48. The average Bonchev–Trinajstić information content (AvgIpc) is 3.10. The molecule has 2 bridgehead atoms. The van der Waals surface area contributed by atoms with Crippen molar-refractivity contribution in [2.75, 3.05) is 34.8 Å². The molecule has 4 rings (SSSR count). The van der Waals surface area contributed by atoms with Crippen molar-refractivity contribution < 1.29 is 14.7 Å². The Morgan fingerprint density at radius 2 is 2.10 bits per heavy atom. The number of fused-ring (bicyclic) bond motifs is 4. The molecule has 4 heterocycles. The lowest BCUT2D eigenvalue weighted by atomic mass is 10.1. The summed E-state index contributed by atoms with van der Waals surface area (Å²) in [7, 11) is 0. The van der Waals surface area contributed by atoms with Gasteiger partial charge in [0.25, 0.3) is 5.91 Å². The van der Waals surface area contributed by atoms with Crippen LogP contribution in [-0.2, 0) is 0 Å². The van der Waals surface area contributed by atoms with Gasteiger partial charge in [-0.15, -0.1) is 0 Å². The highest BCUT2D eigenvalue weighted by Crippen LogP contribution is 2.39. The van der Waals surface area contributed by atoms with Gasteiger partial charge in [0.1, 0.15) is 11.5 Å². The highest BCUT2D eigenvalue weighted by molar-refractivity contribution is 6.05. The van der Waals surface area contributed by atoms with Gasteiger partial charge in [-0.3, -0.25) is 15.0 Å². The molecular formula is C20H24N6O3. The summed E-state index contributed by atoms with van der Waals surface area (Å²) in [5, 5.41) is 15.3. The molecule has 9 nitrogen and oxygen atoms in total. The van der Waals surface area contributed by atoms with Gasteiger partial charge in [-0.2, -0.15) is 0 Å². The van der Waals surface area contributed by atoms with E-state index in [4.69, 9.17) is 0 Å². The molecule has 152 valence electrons. The fraction of sp³-hybridized carbons (Fsp3) is 0.400. The van der Waals surface area contributed by atoms with E-state index in [2.05, 4.69) is 25.5 Å². The summed E-state index contributed by atoms with van der Waals surface area (Å²) in [5.74, 6) is 0.523. The minimum atomic E-state index is -1.02. The molecule has 3 N–H and O–H groups in total. The normalized spacial score (nSPS) is 17.7. The number of hydrogen-bond donors (Lipinski definition) is 3. The molecule has 0 aliphatic carbocycles. The molecule has 0 spiro atoms. The third-order valence-corrected chi connectivity index (χ3v) is 4.98. The van der Waals surface area contributed by atoms with E-state index in [9.17, 15) is 14.7 Å². The monoisotopic (exact) mass is 396 g/mol. The molecule has 3 amide bonds. The van der Waals surface area contributed by atoms with Gasteiger partial charge >= 0.3 is 6.03 Å². The molecule has 2 aliphatic rings. The third-order valence-electron chi connectivity index (χ3n) is 4.98. The van der Waals surface area contributed by atoms with Crippen molar-refractivity contribution in [3.8, 4) is 0 Å². The number of urea groups is 1. The summed E-state index contributed by atoms with van der Waals surface area (Å²) >= 11 is 0. The van der Waals surface area contributed by atoms with Crippen LogP contribution in [0.15, 0.2) is 36.5 Å². The zero-order valence-electron chi connectivity index (χ0n) is 16.4. The molecule has 2 aromatic rings. The Hall–Kier alpha value is -3.20. The van der Waals surface area contributed by atoms with E-state index in [-0.39, 0.29) is 24.3 Å². The average molecular weight is 396 g/mol. The predicted molar refractivity (Wildman–Crippen MR) is 109 cm³/mol. The number of pyridine rings is 2. The smallest absolute Gasteiger partial charge is 0.329 e. The number of hydrogen-bond acceptors (Lipinski definition) is 6. The zero-order valence-corrected chi connectivity index (χ0v) is 16.4. The second-order valence-corrected chi connectivity index (χ2v) is 7.94. The second kappa shape index (κ2) is 7.32. The van der Waals surface area contributed by atoms with Crippen molar-refractivity contribution in [1.82, 2.24) is 15.3 Å². The number of amides is 3. The highest BCUT2D eigenvalue weighted by Gasteiger charge is 2.40. The first-order valence-corrected chi connectivity index (χ1v) is 9.60. The number of anilines is 3. The van der Waals surface area contributed by atoms with Crippen molar-refractivity contribution in [3.05, 3.63) is 42.2 Å². The van der Waals surface area contributed by atoms with Crippen LogP contribution in [0, 0.1) is 0 Å². The van der Waals surface area contributed by atoms with Crippen LogP contribution in [0.5, 0.6) is 0 Å². The van der Waals surface area contributed by atoms with Gasteiger partial charge in [-0.1, -0.05) is 6.07 Å². The minimum Gasteiger partial charge on any atom is -0.389 e. The van der Waals surface area contributed by atoms with Crippen LogP contribution in [0.1, 0.15) is 30.8 Å². The van der Waals surface area contributed by atoms with Crippen LogP contribution >= 0.6 is 0 Å². The van der Waals surface area contributed by atoms with Crippen LogP contribution in [0.4, 0.5) is 22.1 Å². The maximum Gasteiger partial charge on any atom is 0.329 e. The minimum absolute atomic E-state index is 0.0200. The molecular weight excluding hydrogens is 372 g/mol. The molecule has 29 heavy (non-hydrogen) atoms. The first-order chi connectivity index (χ1) is 13.8. The topological polar surface area (TPSA) is 111 Å². The van der Waals surface area contributed by atoms with Gasteiger partial charge < -0.3 is 15.3 Å². The Labute approximate surface area is 168 Å². The number of aliphatic hydroxyl groups is 1. The second-order valence-electron chi connectivity index (χ2n) is 7.94. The fourth-order valence-electron chi connectivity index (χ4n) is 3.59. The molecule has 0 saturated carbocycles. The largest absolute Gasteiger partial charge is 0.389 e. The number of nitrogens with one attached hydrogen (secondary N) is 2. The van der Waals surface area contributed by atoms with Crippen molar-refractivity contribution in [1.29, 1.82) is 0 Å². The maximum atomic E-state index is 13.0. The summed E-state index contributed by atoms with van der Waals surface area (Å²) in [4.78, 5) is 38.0. The van der Waals surface area contributed by atoms with Crippen LogP contribution in [-0.4, -0.2) is 58.3 Å². The van der Waals surface area contributed by atoms with E-state index >= 15 is 0 Å². The Balaban J connectivity index is 1.62. The van der Waals surface area contributed by atoms with Gasteiger partial charge in [0.05, 0.1) is 17.3 Å². The molecule has 0 radical (unpaired) electrons. The SMILES string of the molecule is CC(C)(O)CNC(=O)c1ccc2c(n1)N(C(=O)Nc1ccccn1)C1CCN2C1. The first kappa shape index (κ1) is 19.1. The molecule has 2 aromatic heterocycles.